The second kappa shape index (κ2) is 5.71. The highest BCUT2D eigenvalue weighted by Gasteiger charge is 2.26. The lowest BCUT2D eigenvalue weighted by Gasteiger charge is -2.28. The molecule has 0 spiro atoms. The normalized spacial score (nSPS) is 14.2. The SMILES string of the molecule is CCN(CC)c1ccc2c(c1)Oc1ccc3c(c1N2)C(=O)CC=C3. The smallest absolute Gasteiger partial charge is 0.169 e. The highest BCUT2D eigenvalue weighted by Crippen LogP contribution is 2.46. The van der Waals surface area contributed by atoms with Crippen LogP contribution in [0.2, 0.25) is 0 Å². The molecule has 0 radical (unpaired) electrons. The van der Waals surface area contributed by atoms with Crippen molar-refractivity contribution in [1.29, 1.82) is 0 Å². The molecule has 122 valence electrons. The van der Waals surface area contributed by atoms with Crippen LogP contribution in [0.5, 0.6) is 11.5 Å². The molecule has 4 rings (SSSR count). The van der Waals surface area contributed by atoms with Crippen molar-refractivity contribution >= 4 is 28.9 Å². The van der Waals surface area contributed by atoms with Gasteiger partial charge in [-0.15, -0.1) is 0 Å². The van der Waals surface area contributed by atoms with Gasteiger partial charge in [0.2, 0.25) is 0 Å². The first-order chi connectivity index (χ1) is 11.7. The summed E-state index contributed by atoms with van der Waals surface area (Å²) in [5.74, 6) is 1.64. The van der Waals surface area contributed by atoms with Crippen LogP contribution in [0, 0.1) is 0 Å². The largest absolute Gasteiger partial charge is 0.453 e. The summed E-state index contributed by atoms with van der Waals surface area (Å²) in [4.78, 5) is 14.6. The Hall–Kier alpha value is -2.75. The lowest BCUT2D eigenvalue weighted by Crippen LogP contribution is -2.22. The van der Waals surface area contributed by atoms with Crippen LogP contribution in [0.3, 0.4) is 0 Å². The number of Topliss-reactive ketones (excluding diaryl/α,β-unsaturated/α-hetero) is 1. The Morgan fingerprint density at radius 2 is 1.96 bits per heavy atom. The summed E-state index contributed by atoms with van der Waals surface area (Å²) < 4.78 is 6.11. The summed E-state index contributed by atoms with van der Waals surface area (Å²) in [5, 5.41) is 3.40. The summed E-state index contributed by atoms with van der Waals surface area (Å²) >= 11 is 0. The van der Waals surface area contributed by atoms with E-state index in [0.717, 1.165) is 47.0 Å². The van der Waals surface area contributed by atoms with Crippen LogP contribution >= 0.6 is 0 Å². The number of nitrogens with zero attached hydrogens (tertiary/aromatic N) is 1. The number of ether oxygens (including phenoxy) is 1. The minimum Gasteiger partial charge on any atom is -0.453 e. The fraction of sp³-hybridized carbons (Fsp3) is 0.250. The Morgan fingerprint density at radius 3 is 2.75 bits per heavy atom. The summed E-state index contributed by atoms with van der Waals surface area (Å²) in [6, 6.07) is 10.0. The number of ketones is 1. The fourth-order valence-electron chi connectivity index (χ4n) is 3.38. The Balaban J connectivity index is 1.76. The third-order valence-corrected chi connectivity index (χ3v) is 4.65. The van der Waals surface area contributed by atoms with E-state index in [1.807, 2.05) is 30.4 Å². The van der Waals surface area contributed by atoms with E-state index in [1.54, 1.807) is 0 Å². The molecule has 0 fully saturated rings. The Bertz CT molecular complexity index is 851. The maximum absolute atomic E-state index is 12.3. The maximum Gasteiger partial charge on any atom is 0.169 e. The van der Waals surface area contributed by atoms with Crippen LogP contribution in [0.1, 0.15) is 36.2 Å². The van der Waals surface area contributed by atoms with Crippen molar-refractivity contribution in [2.45, 2.75) is 20.3 Å². The first-order valence-corrected chi connectivity index (χ1v) is 8.42. The monoisotopic (exact) mass is 320 g/mol. The average Bonchev–Trinajstić information content (AvgIpc) is 2.61. The number of allylic oxidation sites excluding steroid dienone is 1. The van der Waals surface area contributed by atoms with Gasteiger partial charge in [0.05, 0.1) is 16.9 Å². The Morgan fingerprint density at radius 1 is 1.12 bits per heavy atom. The predicted molar refractivity (Wildman–Crippen MR) is 97.8 cm³/mol. The highest BCUT2D eigenvalue weighted by atomic mass is 16.5. The number of hydrogen-bond donors (Lipinski definition) is 1. The lowest BCUT2D eigenvalue weighted by atomic mass is 9.93. The van der Waals surface area contributed by atoms with E-state index in [-0.39, 0.29) is 5.78 Å². The standard InChI is InChI=1S/C20H20N2O2/c1-3-22(4-2)14-9-10-15-18(12-14)24-17-11-8-13-6-5-7-16(23)19(13)20(17)21-15/h5-6,8-12,21H,3-4,7H2,1-2H3. The Labute approximate surface area is 141 Å². The topological polar surface area (TPSA) is 41.6 Å². The molecule has 2 aromatic carbocycles. The van der Waals surface area contributed by atoms with Crippen LogP contribution < -0.4 is 15.0 Å². The number of carbonyl (C=O) groups is 1. The van der Waals surface area contributed by atoms with Crippen molar-refractivity contribution in [1.82, 2.24) is 0 Å². The number of rotatable bonds is 3. The molecule has 1 N–H and O–H groups in total. The Kier molecular flexibility index (Phi) is 3.53. The van der Waals surface area contributed by atoms with Gasteiger partial charge in [0, 0.05) is 31.3 Å². The predicted octanol–water partition coefficient (Wildman–Crippen LogP) is 4.98. The number of fused-ring (bicyclic) bond motifs is 4. The minimum absolute atomic E-state index is 0.128. The molecule has 0 atom stereocenters. The van der Waals surface area contributed by atoms with Crippen LogP contribution in [-0.2, 0) is 0 Å². The van der Waals surface area contributed by atoms with Crippen molar-refractivity contribution in [2.75, 3.05) is 23.3 Å². The van der Waals surface area contributed by atoms with Gasteiger partial charge in [-0.3, -0.25) is 4.79 Å². The number of benzene rings is 2. The molecular formula is C20H20N2O2. The van der Waals surface area contributed by atoms with Gasteiger partial charge in [0.25, 0.3) is 0 Å². The van der Waals surface area contributed by atoms with Gasteiger partial charge in [-0.2, -0.15) is 0 Å². The zero-order valence-corrected chi connectivity index (χ0v) is 13.9. The van der Waals surface area contributed by atoms with Crippen LogP contribution in [0.15, 0.2) is 36.4 Å². The fourth-order valence-corrected chi connectivity index (χ4v) is 3.38. The van der Waals surface area contributed by atoms with E-state index in [1.165, 1.54) is 0 Å². The molecule has 0 amide bonds. The van der Waals surface area contributed by atoms with Crippen molar-refractivity contribution in [3.05, 3.63) is 47.5 Å². The molecule has 2 aliphatic rings. The van der Waals surface area contributed by atoms with Gasteiger partial charge >= 0.3 is 0 Å². The molecule has 1 heterocycles. The maximum atomic E-state index is 12.3. The summed E-state index contributed by atoms with van der Waals surface area (Å²) in [5.41, 5.74) is 4.50. The number of carbonyl (C=O) groups excluding carboxylic acids is 1. The van der Waals surface area contributed by atoms with Gasteiger partial charge in [0.15, 0.2) is 17.3 Å². The number of nitrogens with one attached hydrogen (secondary N) is 1. The van der Waals surface area contributed by atoms with Crippen LogP contribution in [0.4, 0.5) is 17.1 Å². The van der Waals surface area contributed by atoms with E-state index in [4.69, 9.17) is 4.74 Å². The number of anilines is 3. The van der Waals surface area contributed by atoms with E-state index >= 15 is 0 Å². The van der Waals surface area contributed by atoms with E-state index in [2.05, 4.69) is 36.2 Å². The molecule has 2 aromatic rings. The molecule has 0 aromatic heterocycles. The molecule has 24 heavy (non-hydrogen) atoms. The second-order valence-corrected chi connectivity index (χ2v) is 6.01. The molecule has 0 saturated heterocycles. The quantitative estimate of drug-likeness (QED) is 0.739. The molecule has 0 saturated carbocycles. The van der Waals surface area contributed by atoms with Gasteiger partial charge in [-0.1, -0.05) is 18.2 Å². The average molecular weight is 320 g/mol. The molecule has 1 aliphatic heterocycles. The first-order valence-electron chi connectivity index (χ1n) is 8.42. The molecular weight excluding hydrogens is 300 g/mol. The van der Waals surface area contributed by atoms with Gasteiger partial charge < -0.3 is 15.0 Å². The van der Waals surface area contributed by atoms with E-state index < -0.39 is 0 Å². The highest BCUT2D eigenvalue weighted by molar-refractivity contribution is 6.09. The van der Waals surface area contributed by atoms with Gasteiger partial charge in [-0.25, -0.2) is 0 Å². The summed E-state index contributed by atoms with van der Waals surface area (Å²) in [6.45, 7) is 6.19. The van der Waals surface area contributed by atoms with Gasteiger partial charge in [0.1, 0.15) is 0 Å². The van der Waals surface area contributed by atoms with Crippen LogP contribution in [0.25, 0.3) is 6.08 Å². The zero-order chi connectivity index (χ0) is 16.7. The molecule has 4 heteroatoms. The minimum atomic E-state index is 0.128. The molecule has 1 aliphatic carbocycles. The second-order valence-electron chi connectivity index (χ2n) is 6.01. The first kappa shape index (κ1) is 14.8. The van der Waals surface area contributed by atoms with Gasteiger partial charge in [-0.05, 0) is 37.6 Å². The van der Waals surface area contributed by atoms with Crippen molar-refractivity contribution in [3.63, 3.8) is 0 Å². The third-order valence-electron chi connectivity index (χ3n) is 4.65. The van der Waals surface area contributed by atoms with Crippen molar-refractivity contribution < 1.29 is 9.53 Å². The van der Waals surface area contributed by atoms with Crippen molar-refractivity contribution in [2.24, 2.45) is 0 Å². The summed E-state index contributed by atoms with van der Waals surface area (Å²) in [7, 11) is 0. The molecule has 0 bridgehead atoms. The van der Waals surface area contributed by atoms with E-state index in [0.29, 0.717) is 12.2 Å². The van der Waals surface area contributed by atoms with Crippen molar-refractivity contribution in [3.8, 4) is 11.5 Å². The van der Waals surface area contributed by atoms with E-state index in [9.17, 15) is 4.79 Å². The third kappa shape index (κ3) is 2.26. The molecule has 4 nitrogen and oxygen atoms in total. The summed E-state index contributed by atoms with van der Waals surface area (Å²) in [6.07, 6.45) is 4.35. The number of hydrogen-bond acceptors (Lipinski definition) is 4. The zero-order valence-electron chi connectivity index (χ0n) is 13.9. The van der Waals surface area contributed by atoms with Crippen LogP contribution in [-0.4, -0.2) is 18.9 Å². The molecule has 0 unspecified atom stereocenters. The lowest BCUT2D eigenvalue weighted by molar-refractivity contribution is 0.0995.